The summed E-state index contributed by atoms with van der Waals surface area (Å²) in [6, 6.07) is 14.0. The average Bonchev–Trinajstić information content (AvgIpc) is 2.67. The van der Waals surface area contributed by atoms with Crippen LogP contribution in [-0.4, -0.2) is 9.97 Å². The van der Waals surface area contributed by atoms with Gasteiger partial charge in [-0.2, -0.15) is 0 Å². The zero-order valence-corrected chi connectivity index (χ0v) is 16.3. The standard InChI is InChI=1S/C21H24ClN5/c1-3-4-5-15-7-10-17(11-8-15)26-20-19(23)21(25-13-24-20)27-18-12-16(22)9-6-14(18)2/h6-13H,3-5,23H2,1-2H3,(H2,24,25,26,27). The number of hydrogen-bond acceptors (Lipinski definition) is 5. The Morgan fingerprint density at radius 1 is 1.00 bits per heavy atom. The molecule has 0 amide bonds. The monoisotopic (exact) mass is 381 g/mol. The highest BCUT2D eigenvalue weighted by Gasteiger charge is 2.10. The van der Waals surface area contributed by atoms with Crippen molar-refractivity contribution in [1.82, 2.24) is 9.97 Å². The summed E-state index contributed by atoms with van der Waals surface area (Å²) in [5, 5.41) is 7.15. The van der Waals surface area contributed by atoms with Gasteiger partial charge in [0.2, 0.25) is 0 Å². The van der Waals surface area contributed by atoms with Crippen molar-refractivity contribution in [3.63, 3.8) is 0 Å². The summed E-state index contributed by atoms with van der Waals surface area (Å²) in [6.45, 7) is 4.19. The van der Waals surface area contributed by atoms with E-state index in [2.05, 4.69) is 39.7 Å². The van der Waals surface area contributed by atoms with Crippen molar-refractivity contribution in [2.24, 2.45) is 0 Å². The van der Waals surface area contributed by atoms with Gasteiger partial charge in [-0.05, 0) is 55.2 Å². The predicted molar refractivity (Wildman–Crippen MR) is 114 cm³/mol. The third-order valence-corrected chi connectivity index (χ3v) is 4.61. The maximum Gasteiger partial charge on any atom is 0.159 e. The number of anilines is 5. The van der Waals surface area contributed by atoms with E-state index in [1.54, 1.807) is 0 Å². The van der Waals surface area contributed by atoms with Crippen LogP contribution in [0.2, 0.25) is 5.02 Å². The number of benzene rings is 2. The first-order valence-electron chi connectivity index (χ1n) is 9.06. The molecular weight excluding hydrogens is 358 g/mol. The number of rotatable bonds is 7. The fourth-order valence-electron chi connectivity index (χ4n) is 2.72. The second-order valence-electron chi connectivity index (χ2n) is 6.49. The van der Waals surface area contributed by atoms with Crippen molar-refractivity contribution in [2.45, 2.75) is 33.1 Å². The molecule has 0 radical (unpaired) electrons. The lowest BCUT2D eigenvalue weighted by Crippen LogP contribution is -2.05. The molecule has 0 aliphatic carbocycles. The minimum absolute atomic E-state index is 0.451. The Kier molecular flexibility index (Phi) is 6.14. The third-order valence-electron chi connectivity index (χ3n) is 4.37. The molecule has 1 heterocycles. The van der Waals surface area contributed by atoms with Crippen LogP contribution in [0.25, 0.3) is 0 Å². The molecule has 140 valence electrons. The highest BCUT2D eigenvalue weighted by atomic mass is 35.5. The smallest absolute Gasteiger partial charge is 0.159 e. The number of unbranched alkanes of at least 4 members (excludes halogenated alkanes) is 1. The van der Waals surface area contributed by atoms with Crippen LogP contribution in [0.5, 0.6) is 0 Å². The van der Waals surface area contributed by atoms with Crippen molar-refractivity contribution in [3.8, 4) is 0 Å². The largest absolute Gasteiger partial charge is 0.393 e. The molecule has 0 aliphatic rings. The molecule has 0 saturated carbocycles. The summed E-state index contributed by atoms with van der Waals surface area (Å²) in [5.41, 5.74) is 10.9. The number of nitrogen functional groups attached to an aromatic ring is 1. The summed E-state index contributed by atoms with van der Waals surface area (Å²) in [6.07, 6.45) is 4.97. The van der Waals surface area contributed by atoms with Gasteiger partial charge in [-0.1, -0.05) is 43.1 Å². The molecule has 0 atom stereocenters. The molecule has 2 aromatic carbocycles. The Morgan fingerprint density at radius 2 is 1.70 bits per heavy atom. The molecule has 6 heteroatoms. The van der Waals surface area contributed by atoms with Crippen LogP contribution in [0, 0.1) is 6.92 Å². The van der Waals surface area contributed by atoms with E-state index in [9.17, 15) is 0 Å². The van der Waals surface area contributed by atoms with Gasteiger partial charge in [0.15, 0.2) is 11.6 Å². The average molecular weight is 382 g/mol. The fourth-order valence-corrected chi connectivity index (χ4v) is 2.90. The van der Waals surface area contributed by atoms with Crippen LogP contribution in [-0.2, 0) is 6.42 Å². The Hall–Kier alpha value is -2.79. The summed E-state index contributed by atoms with van der Waals surface area (Å²) >= 11 is 6.09. The van der Waals surface area contributed by atoms with Crippen LogP contribution in [0.3, 0.4) is 0 Å². The van der Waals surface area contributed by atoms with Crippen LogP contribution < -0.4 is 16.4 Å². The fraction of sp³-hybridized carbons (Fsp3) is 0.238. The molecule has 1 aromatic heterocycles. The van der Waals surface area contributed by atoms with Gasteiger partial charge in [-0.3, -0.25) is 0 Å². The van der Waals surface area contributed by atoms with Gasteiger partial charge < -0.3 is 16.4 Å². The molecule has 4 N–H and O–H groups in total. The van der Waals surface area contributed by atoms with Gasteiger partial charge in [0.05, 0.1) is 0 Å². The molecule has 0 fully saturated rings. The SMILES string of the molecule is CCCCc1ccc(Nc2ncnc(Nc3cc(Cl)ccc3C)c2N)cc1. The van der Waals surface area contributed by atoms with Crippen molar-refractivity contribution < 1.29 is 0 Å². The number of hydrogen-bond donors (Lipinski definition) is 3. The normalized spacial score (nSPS) is 10.6. The summed E-state index contributed by atoms with van der Waals surface area (Å²) in [7, 11) is 0. The van der Waals surface area contributed by atoms with Crippen molar-refractivity contribution in [2.75, 3.05) is 16.4 Å². The Labute approximate surface area is 165 Å². The van der Waals surface area contributed by atoms with E-state index >= 15 is 0 Å². The molecule has 0 unspecified atom stereocenters. The lowest BCUT2D eigenvalue weighted by atomic mass is 10.1. The van der Waals surface area contributed by atoms with Gasteiger partial charge in [0, 0.05) is 16.4 Å². The molecule has 0 spiro atoms. The zero-order valence-electron chi connectivity index (χ0n) is 15.6. The van der Waals surface area contributed by atoms with Gasteiger partial charge in [0.1, 0.15) is 12.0 Å². The number of nitrogens with one attached hydrogen (secondary N) is 2. The molecule has 5 nitrogen and oxygen atoms in total. The number of aromatic nitrogens is 2. The first-order valence-corrected chi connectivity index (χ1v) is 9.44. The molecule has 3 rings (SSSR count). The second-order valence-corrected chi connectivity index (χ2v) is 6.93. The van der Waals surface area contributed by atoms with Crippen LogP contribution in [0.4, 0.5) is 28.7 Å². The number of aryl methyl sites for hydroxylation is 2. The lowest BCUT2D eigenvalue weighted by molar-refractivity contribution is 0.795. The van der Waals surface area contributed by atoms with Crippen LogP contribution >= 0.6 is 11.6 Å². The predicted octanol–water partition coefficient (Wildman–Crippen LogP) is 5.85. The third kappa shape index (κ3) is 4.89. The molecular formula is C21H24ClN5. The van der Waals surface area contributed by atoms with E-state index in [0.29, 0.717) is 22.3 Å². The minimum atomic E-state index is 0.451. The quantitative estimate of drug-likeness (QED) is 0.478. The molecule has 0 aliphatic heterocycles. The Bertz CT molecular complexity index is 909. The maximum atomic E-state index is 6.28. The summed E-state index contributed by atoms with van der Waals surface area (Å²) < 4.78 is 0. The number of nitrogens with two attached hydrogens (primary N) is 1. The Balaban J connectivity index is 1.77. The molecule has 3 aromatic rings. The minimum Gasteiger partial charge on any atom is -0.393 e. The highest BCUT2D eigenvalue weighted by Crippen LogP contribution is 2.30. The van der Waals surface area contributed by atoms with Crippen molar-refractivity contribution in [3.05, 3.63) is 64.9 Å². The number of halogens is 1. The van der Waals surface area contributed by atoms with E-state index in [1.807, 2.05) is 37.3 Å². The van der Waals surface area contributed by atoms with E-state index in [-0.39, 0.29) is 0 Å². The van der Waals surface area contributed by atoms with Crippen LogP contribution in [0.15, 0.2) is 48.8 Å². The first-order chi connectivity index (χ1) is 13.1. The van der Waals surface area contributed by atoms with E-state index in [4.69, 9.17) is 17.3 Å². The summed E-state index contributed by atoms with van der Waals surface area (Å²) in [4.78, 5) is 8.54. The zero-order chi connectivity index (χ0) is 19.2. The highest BCUT2D eigenvalue weighted by molar-refractivity contribution is 6.30. The van der Waals surface area contributed by atoms with Crippen molar-refractivity contribution >= 4 is 40.3 Å². The maximum absolute atomic E-state index is 6.28. The van der Waals surface area contributed by atoms with Crippen molar-refractivity contribution in [1.29, 1.82) is 0 Å². The molecule has 0 bridgehead atoms. The first kappa shape index (κ1) is 19.0. The molecule has 27 heavy (non-hydrogen) atoms. The molecule has 0 saturated heterocycles. The van der Waals surface area contributed by atoms with E-state index in [1.165, 1.54) is 24.7 Å². The lowest BCUT2D eigenvalue weighted by Gasteiger charge is -2.14. The summed E-state index contributed by atoms with van der Waals surface area (Å²) in [5.74, 6) is 1.10. The van der Waals surface area contributed by atoms with E-state index < -0.39 is 0 Å². The van der Waals surface area contributed by atoms with E-state index in [0.717, 1.165) is 23.4 Å². The number of nitrogens with zero attached hydrogens (tertiary/aromatic N) is 2. The van der Waals surface area contributed by atoms with Gasteiger partial charge in [-0.15, -0.1) is 0 Å². The second kappa shape index (κ2) is 8.73. The van der Waals surface area contributed by atoms with Crippen LogP contribution in [0.1, 0.15) is 30.9 Å². The van der Waals surface area contributed by atoms with Gasteiger partial charge in [0.25, 0.3) is 0 Å². The Morgan fingerprint density at radius 3 is 2.41 bits per heavy atom. The van der Waals surface area contributed by atoms with Gasteiger partial charge in [-0.25, -0.2) is 9.97 Å². The topological polar surface area (TPSA) is 75.9 Å². The van der Waals surface area contributed by atoms with Gasteiger partial charge >= 0.3 is 0 Å².